The van der Waals surface area contributed by atoms with E-state index in [-0.39, 0.29) is 12.4 Å². The van der Waals surface area contributed by atoms with E-state index < -0.39 is 0 Å². The standard InChI is InChI=1S/C16H14N2.ClH/c1-18-10-8-13(9-11-18)6-7-14-12-17-16-5-3-2-4-15(14)16;/h2-12H,1H3;1H/b14-7+;. The zero-order valence-corrected chi connectivity index (χ0v) is 11.5. The van der Waals surface area contributed by atoms with Gasteiger partial charge in [0.25, 0.3) is 0 Å². The van der Waals surface area contributed by atoms with Gasteiger partial charge in [-0.25, -0.2) is 0 Å². The molecule has 0 bridgehead atoms. The third kappa shape index (κ3) is 2.85. The molecule has 0 saturated heterocycles. The van der Waals surface area contributed by atoms with Crippen LogP contribution in [0.3, 0.4) is 0 Å². The summed E-state index contributed by atoms with van der Waals surface area (Å²) in [4.78, 5) is 6.41. The Bertz CT molecular complexity index is 605. The van der Waals surface area contributed by atoms with Crippen LogP contribution in [0.25, 0.3) is 5.57 Å². The molecule has 2 aliphatic rings. The molecule has 0 unspecified atom stereocenters. The summed E-state index contributed by atoms with van der Waals surface area (Å²) in [7, 11) is 2.02. The fraction of sp³-hybridized carbons (Fsp3) is 0.0625. The van der Waals surface area contributed by atoms with Crippen LogP contribution >= 0.6 is 12.4 Å². The SMILES string of the molecule is CN1C=CC(=C/C=C2\C=Nc3ccccc32)C=C1.Cl. The molecule has 3 rings (SSSR count). The molecule has 2 nitrogen and oxygen atoms in total. The van der Waals surface area contributed by atoms with Gasteiger partial charge in [-0.3, -0.25) is 4.99 Å². The van der Waals surface area contributed by atoms with Crippen LogP contribution in [0.1, 0.15) is 5.56 Å². The zero-order chi connectivity index (χ0) is 12.4. The first-order valence-corrected chi connectivity index (χ1v) is 5.97. The summed E-state index contributed by atoms with van der Waals surface area (Å²) < 4.78 is 0. The lowest BCUT2D eigenvalue weighted by molar-refractivity contribution is 0.620. The minimum Gasteiger partial charge on any atom is -0.357 e. The molecule has 0 aliphatic carbocycles. The van der Waals surface area contributed by atoms with Gasteiger partial charge < -0.3 is 4.90 Å². The molecule has 19 heavy (non-hydrogen) atoms. The van der Waals surface area contributed by atoms with E-state index in [4.69, 9.17) is 0 Å². The van der Waals surface area contributed by atoms with Gasteiger partial charge in [-0.1, -0.05) is 30.4 Å². The van der Waals surface area contributed by atoms with Gasteiger partial charge in [0, 0.05) is 36.8 Å². The van der Waals surface area contributed by atoms with E-state index in [9.17, 15) is 0 Å². The van der Waals surface area contributed by atoms with E-state index in [0.29, 0.717) is 0 Å². The number of allylic oxidation sites excluding steroid dienone is 6. The lowest BCUT2D eigenvalue weighted by Crippen LogP contribution is -2.02. The Morgan fingerprint density at radius 1 is 1.05 bits per heavy atom. The van der Waals surface area contributed by atoms with Crippen molar-refractivity contribution in [2.24, 2.45) is 4.99 Å². The molecule has 0 atom stereocenters. The molecule has 96 valence electrons. The second-order valence-electron chi connectivity index (χ2n) is 4.36. The Morgan fingerprint density at radius 2 is 1.79 bits per heavy atom. The molecule has 1 aromatic carbocycles. The topological polar surface area (TPSA) is 15.6 Å². The maximum atomic E-state index is 4.39. The van der Waals surface area contributed by atoms with Crippen molar-refractivity contribution in [2.75, 3.05) is 7.05 Å². The summed E-state index contributed by atoms with van der Waals surface area (Å²) in [5.74, 6) is 0. The van der Waals surface area contributed by atoms with Gasteiger partial charge in [-0.15, -0.1) is 12.4 Å². The van der Waals surface area contributed by atoms with Crippen molar-refractivity contribution in [1.82, 2.24) is 4.90 Å². The number of halogens is 1. The number of aliphatic imine (C=N–C) groups is 1. The molecule has 0 fully saturated rings. The quantitative estimate of drug-likeness (QED) is 0.750. The Labute approximate surface area is 119 Å². The van der Waals surface area contributed by atoms with Crippen LogP contribution in [-0.4, -0.2) is 18.2 Å². The summed E-state index contributed by atoms with van der Waals surface area (Å²) >= 11 is 0. The molecule has 0 radical (unpaired) electrons. The first-order valence-electron chi connectivity index (χ1n) is 5.97. The van der Waals surface area contributed by atoms with Gasteiger partial charge in [0.05, 0.1) is 5.69 Å². The second-order valence-corrected chi connectivity index (χ2v) is 4.36. The fourth-order valence-electron chi connectivity index (χ4n) is 1.98. The number of rotatable bonds is 1. The van der Waals surface area contributed by atoms with E-state index in [0.717, 1.165) is 5.69 Å². The van der Waals surface area contributed by atoms with Gasteiger partial charge >= 0.3 is 0 Å². The number of fused-ring (bicyclic) bond motifs is 1. The van der Waals surface area contributed by atoms with Crippen molar-refractivity contribution in [2.45, 2.75) is 0 Å². The molecule has 3 heteroatoms. The van der Waals surface area contributed by atoms with Gasteiger partial charge in [-0.2, -0.15) is 0 Å². The molecule has 2 heterocycles. The van der Waals surface area contributed by atoms with Crippen LogP contribution in [0.4, 0.5) is 5.69 Å². The molecule has 0 spiro atoms. The number of para-hydroxylation sites is 1. The van der Waals surface area contributed by atoms with E-state index >= 15 is 0 Å². The lowest BCUT2D eigenvalue weighted by Gasteiger charge is -2.11. The van der Waals surface area contributed by atoms with Crippen molar-refractivity contribution in [3.8, 4) is 0 Å². The van der Waals surface area contributed by atoms with Crippen LogP contribution in [0.2, 0.25) is 0 Å². The van der Waals surface area contributed by atoms with Crippen LogP contribution in [-0.2, 0) is 0 Å². The highest BCUT2D eigenvalue weighted by molar-refractivity contribution is 6.16. The number of hydrogen-bond donors (Lipinski definition) is 0. The molecular weight excluding hydrogens is 256 g/mol. The first-order chi connectivity index (χ1) is 8.83. The van der Waals surface area contributed by atoms with Crippen molar-refractivity contribution in [1.29, 1.82) is 0 Å². The molecule has 1 aromatic rings. The Balaban J connectivity index is 0.00000133. The highest BCUT2D eigenvalue weighted by Gasteiger charge is 2.09. The molecule has 0 saturated carbocycles. The van der Waals surface area contributed by atoms with E-state index in [2.05, 4.69) is 35.4 Å². The first kappa shape index (κ1) is 13.4. The number of benzene rings is 1. The molecule has 0 N–H and O–H groups in total. The average Bonchev–Trinajstić information content (AvgIpc) is 2.82. The predicted molar refractivity (Wildman–Crippen MR) is 83.9 cm³/mol. The summed E-state index contributed by atoms with van der Waals surface area (Å²) in [6.07, 6.45) is 14.4. The minimum absolute atomic E-state index is 0. The Kier molecular flexibility index (Phi) is 4.03. The highest BCUT2D eigenvalue weighted by Crippen LogP contribution is 2.30. The fourth-order valence-corrected chi connectivity index (χ4v) is 1.98. The summed E-state index contributed by atoms with van der Waals surface area (Å²) in [6.45, 7) is 0. The zero-order valence-electron chi connectivity index (χ0n) is 10.7. The van der Waals surface area contributed by atoms with Crippen molar-refractivity contribution < 1.29 is 0 Å². The molecule has 2 aliphatic heterocycles. The van der Waals surface area contributed by atoms with Crippen LogP contribution in [0.15, 0.2) is 71.5 Å². The van der Waals surface area contributed by atoms with Crippen molar-refractivity contribution >= 4 is 29.9 Å². The van der Waals surface area contributed by atoms with Gasteiger partial charge in [0.1, 0.15) is 0 Å². The average molecular weight is 271 g/mol. The smallest absolute Gasteiger partial charge is 0.0708 e. The third-order valence-electron chi connectivity index (χ3n) is 3.02. The molecule has 0 aromatic heterocycles. The van der Waals surface area contributed by atoms with E-state index in [1.54, 1.807) is 0 Å². The monoisotopic (exact) mass is 270 g/mol. The van der Waals surface area contributed by atoms with Crippen LogP contribution < -0.4 is 0 Å². The summed E-state index contributed by atoms with van der Waals surface area (Å²) in [5.41, 5.74) is 4.61. The lowest BCUT2D eigenvalue weighted by atomic mass is 10.1. The summed E-state index contributed by atoms with van der Waals surface area (Å²) in [5, 5.41) is 0. The maximum absolute atomic E-state index is 4.39. The van der Waals surface area contributed by atoms with Crippen molar-refractivity contribution in [3.05, 3.63) is 72.1 Å². The largest absolute Gasteiger partial charge is 0.357 e. The Morgan fingerprint density at radius 3 is 2.58 bits per heavy atom. The van der Waals surface area contributed by atoms with Crippen molar-refractivity contribution in [3.63, 3.8) is 0 Å². The predicted octanol–water partition coefficient (Wildman–Crippen LogP) is 4.11. The Hall–Kier alpha value is -2.06. The molecule has 0 amide bonds. The summed E-state index contributed by atoms with van der Waals surface area (Å²) in [6, 6.07) is 8.20. The normalized spacial score (nSPS) is 17.6. The van der Waals surface area contributed by atoms with E-state index in [1.165, 1.54) is 16.7 Å². The van der Waals surface area contributed by atoms with Crippen LogP contribution in [0.5, 0.6) is 0 Å². The van der Waals surface area contributed by atoms with Gasteiger partial charge in [0.2, 0.25) is 0 Å². The number of nitrogens with zero attached hydrogens (tertiary/aromatic N) is 2. The molecular formula is C16H15ClN2. The maximum Gasteiger partial charge on any atom is 0.0708 e. The van der Waals surface area contributed by atoms with Crippen LogP contribution in [0, 0.1) is 0 Å². The highest BCUT2D eigenvalue weighted by atomic mass is 35.5. The second kappa shape index (κ2) is 5.72. The minimum atomic E-state index is 0. The number of hydrogen-bond acceptors (Lipinski definition) is 2. The van der Waals surface area contributed by atoms with Gasteiger partial charge in [0.15, 0.2) is 0 Å². The van der Waals surface area contributed by atoms with E-state index in [1.807, 2.05) is 48.8 Å². The third-order valence-corrected chi connectivity index (χ3v) is 3.02. The van der Waals surface area contributed by atoms with Gasteiger partial charge in [-0.05, 0) is 23.8 Å².